The highest BCUT2D eigenvalue weighted by Gasteiger charge is 2.65. The number of nitrogens with zero attached hydrogens (tertiary/aromatic N) is 1. The lowest BCUT2D eigenvalue weighted by atomic mass is 9.71. The van der Waals surface area contributed by atoms with Crippen LogP contribution in [0.25, 0.3) is 0 Å². The van der Waals surface area contributed by atoms with Crippen LogP contribution in [0, 0.1) is 15.4 Å². The second-order valence-electron chi connectivity index (χ2n) is 8.91. The molecule has 30 heavy (non-hydrogen) atoms. The molecule has 4 atom stereocenters. The van der Waals surface area contributed by atoms with Crippen molar-refractivity contribution in [3.05, 3.63) is 63.2 Å². The maximum atomic E-state index is 13.9. The number of ether oxygens (including phenoxy) is 1. The normalized spacial score (nSPS) is 28.4. The van der Waals surface area contributed by atoms with E-state index in [-0.39, 0.29) is 24.3 Å². The van der Waals surface area contributed by atoms with Gasteiger partial charge in [0, 0.05) is 27.6 Å². The fourth-order valence-corrected chi connectivity index (χ4v) is 5.72. The Morgan fingerprint density at radius 2 is 1.83 bits per heavy atom. The fraction of sp³-hybridized carbons (Fsp3) is 0.458. The van der Waals surface area contributed by atoms with Gasteiger partial charge < -0.3 is 19.8 Å². The minimum atomic E-state index is -1.15. The summed E-state index contributed by atoms with van der Waals surface area (Å²) >= 11 is 2.27. The zero-order chi connectivity index (χ0) is 21.7. The van der Waals surface area contributed by atoms with Crippen LogP contribution in [0.1, 0.15) is 38.3 Å². The van der Waals surface area contributed by atoms with Crippen LogP contribution in [0.15, 0.2) is 48.5 Å². The lowest BCUT2D eigenvalue weighted by Crippen LogP contribution is -2.46. The van der Waals surface area contributed by atoms with Crippen molar-refractivity contribution in [2.75, 3.05) is 11.5 Å². The molecule has 1 spiro atoms. The predicted octanol–water partition coefficient (Wildman–Crippen LogP) is 3.84. The van der Waals surface area contributed by atoms with Gasteiger partial charge in [0.25, 0.3) is 5.91 Å². The number of benzene rings is 2. The summed E-state index contributed by atoms with van der Waals surface area (Å²) in [6, 6.07) is 15.9. The monoisotopic (exact) mass is 521 g/mol. The lowest BCUT2D eigenvalue weighted by molar-refractivity contribution is -0.146. The number of hydrogen-bond acceptors (Lipinski definition) is 4. The molecule has 0 bridgehead atoms. The van der Waals surface area contributed by atoms with Gasteiger partial charge in [0.15, 0.2) is 5.60 Å². The summed E-state index contributed by atoms with van der Waals surface area (Å²) in [5.74, 6) is -0.617. The van der Waals surface area contributed by atoms with Gasteiger partial charge in [-0.05, 0) is 66.6 Å². The molecule has 0 radical (unpaired) electrons. The van der Waals surface area contributed by atoms with E-state index in [1.165, 1.54) is 0 Å². The van der Waals surface area contributed by atoms with E-state index in [0.29, 0.717) is 13.0 Å². The first-order chi connectivity index (χ1) is 14.2. The number of fused-ring (bicyclic) bond motifs is 2. The van der Waals surface area contributed by atoms with Gasteiger partial charge in [-0.1, -0.05) is 37.3 Å². The summed E-state index contributed by atoms with van der Waals surface area (Å²) in [7, 11) is 0. The number of carbonyl (C=O) groups is 1. The van der Waals surface area contributed by atoms with Gasteiger partial charge in [-0.3, -0.25) is 4.79 Å². The molecule has 2 N–H and O–H groups in total. The van der Waals surface area contributed by atoms with Crippen molar-refractivity contribution in [1.29, 1.82) is 0 Å². The van der Waals surface area contributed by atoms with Crippen LogP contribution in [-0.2, 0) is 21.7 Å². The van der Waals surface area contributed by atoms with Crippen LogP contribution in [0.5, 0.6) is 0 Å². The highest BCUT2D eigenvalue weighted by Crippen LogP contribution is 2.57. The lowest BCUT2D eigenvalue weighted by Gasteiger charge is -2.34. The number of aliphatic hydroxyl groups is 2. The second kappa shape index (κ2) is 7.89. The number of anilines is 1. The van der Waals surface area contributed by atoms with E-state index < -0.39 is 17.3 Å². The van der Waals surface area contributed by atoms with Crippen molar-refractivity contribution >= 4 is 34.2 Å². The topological polar surface area (TPSA) is 70.0 Å². The Morgan fingerprint density at radius 3 is 2.47 bits per heavy atom. The first-order valence-electron chi connectivity index (χ1n) is 10.4. The highest BCUT2D eigenvalue weighted by molar-refractivity contribution is 14.1. The van der Waals surface area contributed by atoms with Crippen LogP contribution in [0.4, 0.5) is 5.69 Å². The summed E-state index contributed by atoms with van der Waals surface area (Å²) < 4.78 is 7.66. The molecule has 0 saturated carbocycles. The third-order valence-corrected chi connectivity index (χ3v) is 7.28. The average molecular weight is 521 g/mol. The Bertz CT molecular complexity index is 939. The number of carbonyl (C=O) groups excluding carboxylic acids is 1. The van der Waals surface area contributed by atoms with Gasteiger partial charge >= 0.3 is 0 Å². The molecule has 2 heterocycles. The molecule has 1 saturated heterocycles. The molecular weight excluding hydrogens is 493 g/mol. The molecule has 0 unspecified atom stereocenters. The summed E-state index contributed by atoms with van der Waals surface area (Å²) in [4.78, 5) is 15.7. The molecule has 0 aliphatic carbocycles. The van der Waals surface area contributed by atoms with Gasteiger partial charge in [-0.2, -0.15) is 0 Å². The van der Waals surface area contributed by atoms with Crippen molar-refractivity contribution in [2.24, 2.45) is 11.8 Å². The minimum Gasteiger partial charge on any atom is -0.396 e. The van der Waals surface area contributed by atoms with E-state index >= 15 is 0 Å². The maximum Gasteiger partial charge on any atom is 0.264 e. The Kier molecular flexibility index (Phi) is 5.72. The van der Waals surface area contributed by atoms with Gasteiger partial charge in [0.2, 0.25) is 0 Å². The Hall–Kier alpha value is -1.48. The van der Waals surface area contributed by atoms with E-state index in [1.807, 2.05) is 55.5 Å². The van der Waals surface area contributed by atoms with Crippen molar-refractivity contribution in [2.45, 2.75) is 51.0 Å². The number of amides is 1. The molecule has 1 amide bonds. The third kappa shape index (κ3) is 3.38. The fourth-order valence-electron chi connectivity index (χ4n) is 5.36. The van der Waals surface area contributed by atoms with Crippen molar-refractivity contribution in [3.63, 3.8) is 0 Å². The number of aliphatic hydroxyl groups excluding tert-OH is 1. The van der Waals surface area contributed by atoms with Crippen LogP contribution < -0.4 is 4.90 Å². The zero-order valence-corrected chi connectivity index (χ0v) is 19.7. The number of para-hydroxylation sites is 1. The summed E-state index contributed by atoms with van der Waals surface area (Å²) in [6.07, 6.45) is -0.0203. The maximum absolute atomic E-state index is 13.9. The predicted molar refractivity (Wildman–Crippen MR) is 124 cm³/mol. The molecule has 160 valence electrons. The largest absolute Gasteiger partial charge is 0.396 e. The number of halogens is 1. The molecule has 2 aromatic rings. The minimum absolute atomic E-state index is 0.0533. The van der Waals surface area contributed by atoms with Crippen LogP contribution >= 0.6 is 22.6 Å². The summed E-state index contributed by atoms with van der Waals surface area (Å²) in [5, 5.41) is 20.5. The quantitative estimate of drug-likeness (QED) is 0.587. The molecule has 2 aromatic carbocycles. The van der Waals surface area contributed by atoms with E-state index in [4.69, 9.17) is 4.74 Å². The number of rotatable bonds is 5. The molecular formula is C24H28INO4. The van der Waals surface area contributed by atoms with Crippen molar-refractivity contribution < 1.29 is 19.7 Å². The molecule has 2 aliphatic rings. The summed E-state index contributed by atoms with van der Waals surface area (Å²) in [5.41, 5.74) is 0.563. The molecule has 2 aliphatic heterocycles. The van der Waals surface area contributed by atoms with Crippen LogP contribution in [0.3, 0.4) is 0 Å². The molecule has 5 nitrogen and oxygen atoms in total. The Morgan fingerprint density at radius 1 is 1.17 bits per heavy atom. The first-order valence-corrected chi connectivity index (χ1v) is 11.4. The smallest absolute Gasteiger partial charge is 0.264 e. The van der Waals surface area contributed by atoms with Gasteiger partial charge in [-0.15, -0.1) is 0 Å². The van der Waals surface area contributed by atoms with E-state index in [1.54, 1.807) is 18.7 Å². The van der Waals surface area contributed by atoms with E-state index in [2.05, 4.69) is 22.6 Å². The van der Waals surface area contributed by atoms with Crippen LogP contribution in [0.2, 0.25) is 0 Å². The average Bonchev–Trinajstić information content (AvgIpc) is 3.12. The number of hydrogen-bond donors (Lipinski definition) is 2. The third-order valence-electron chi connectivity index (χ3n) is 6.56. The van der Waals surface area contributed by atoms with Crippen molar-refractivity contribution in [1.82, 2.24) is 0 Å². The SMILES string of the molecule is C[C@@H]1[C@@H](C(C)(C)O)[C@H](CCO)O[C@@]12C(=O)N(Cc1ccc(I)cc1)c1ccccc12. The standard InChI is InChI=1S/C24H28INO4/c1-15-21(23(2,3)29)20(12-13-27)30-24(15)18-6-4-5-7-19(18)26(22(24)28)14-16-8-10-17(25)11-9-16/h4-11,15,20-21,27,29H,12-14H2,1-3H3/t15-,20+,21-,24+/m1/s1. The molecule has 1 fully saturated rings. The Balaban J connectivity index is 1.78. The highest BCUT2D eigenvalue weighted by atomic mass is 127. The zero-order valence-electron chi connectivity index (χ0n) is 17.5. The molecule has 4 rings (SSSR count). The van der Waals surface area contributed by atoms with Gasteiger partial charge in [0.1, 0.15) is 0 Å². The van der Waals surface area contributed by atoms with E-state index in [0.717, 1.165) is 20.4 Å². The van der Waals surface area contributed by atoms with Gasteiger partial charge in [0.05, 0.1) is 23.9 Å². The Labute approximate surface area is 191 Å². The second-order valence-corrected chi connectivity index (χ2v) is 10.2. The van der Waals surface area contributed by atoms with E-state index in [9.17, 15) is 15.0 Å². The molecule has 0 aromatic heterocycles. The van der Waals surface area contributed by atoms with Crippen LogP contribution in [-0.4, -0.2) is 34.4 Å². The first kappa shape index (κ1) is 21.7. The summed E-state index contributed by atoms with van der Waals surface area (Å²) in [6.45, 7) is 5.92. The molecule has 6 heteroatoms. The van der Waals surface area contributed by atoms with Crippen molar-refractivity contribution in [3.8, 4) is 0 Å². The van der Waals surface area contributed by atoms with Gasteiger partial charge in [-0.25, -0.2) is 0 Å².